The SMILES string of the molecule is CCC1CCC(N(C)CCCC(C)(C)C(N)=S)CC1. The van der Waals surface area contributed by atoms with Crippen LogP contribution in [0, 0.1) is 11.3 Å². The van der Waals surface area contributed by atoms with Crippen LogP contribution in [0.2, 0.25) is 0 Å². The molecule has 0 bridgehead atoms. The van der Waals surface area contributed by atoms with Crippen LogP contribution in [-0.4, -0.2) is 29.5 Å². The second kappa shape index (κ2) is 7.58. The molecule has 0 heterocycles. The molecular formula is C16H32N2S. The number of hydrogen-bond donors (Lipinski definition) is 1. The predicted octanol–water partition coefficient (Wildman–Crippen LogP) is 3.98. The molecule has 0 aliphatic heterocycles. The molecule has 1 aliphatic rings. The fourth-order valence-electron chi connectivity index (χ4n) is 3.07. The van der Waals surface area contributed by atoms with Gasteiger partial charge < -0.3 is 10.6 Å². The van der Waals surface area contributed by atoms with Gasteiger partial charge in [-0.3, -0.25) is 0 Å². The van der Waals surface area contributed by atoms with Gasteiger partial charge in [0.2, 0.25) is 0 Å². The Morgan fingerprint density at radius 1 is 1.26 bits per heavy atom. The lowest BCUT2D eigenvalue weighted by Gasteiger charge is -2.35. The largest absolute Gasteiger partial charge is 0.393 e. The summed E-state index contributed by atoms with van der Waals surface area (Å²) in [6.45, 7) is 7.81. The van der Waals surface area contributed by atoms with Gasteiger partial charge in [0.25, 0.3) is 0 Å². The highest BCUT2D eigenvalue weighted by Crippen LogP contribution is 2.29. The van der Waals surface area contributed by atoms with Gasteiger partial charge in [-0.2, -0.15) is 0 Å². The van der Waals surface area contributed by atoms with Crippen molar-refractivity contribution in [2.75, 3.05) is 13.6 Å². The molecular weight excluding hydrogens is 252 g/mol. The number of nitrogens with zero attached hydrogens (tertiary/aromatic N) is 1. The molecule has 0 spiro atoms. The maximum atomic E-state index is 5.78. The molecule has 112 valence electrons. The molecule has 0 aromatic heterocycles. The summed E-state index contributed by atoms with van der Waals surface area (Å²) in [4.78, 5) is 3.21. The normalized spacial score (nSPS) is 24.7. The molecule has 3 heteroatoms. The second-order valence-electron chi connectivity index (χ2n) is 6.92. The number of hydrogen-bond acceptors (Lipinski definition) is 2. The first-order valence-electron chi connectivity index (χ1n) is 7.87. The van der Waals surface area contributed by atoms with E-state index >= 15 is 0 Å². The van der Waals surface area contributed by atoms with E-state index in [4.69, 9.17) is 18.0 Å². The molecule has 0 atom stereocenters. The summed E-state index contributed by atoms with van der Waals surface area (Å²) in [7, 11) is 2.28. The van der Waals surface area contributed by atoms with Crippen LogP contribution in [0.3, 0.4) is 0 Å². The highest BCUT2D eigenvalue weighted by molar-refractivity contribution is 7.80. The Morgan fingerprint density at radius 3 is 2.32 bits per heavy atom. The molecule has 0 saturated heterocycles. The average Bonchev–Trinajstić information content (AvgIpc) is 2.38. The Kier molecular flexibility index (Phi) is 6.75. The fraction of sp³-hybridized carbons (Fsp3) is 0.938. The first-order valence-corrected chi connectivity index (χ1v) is 8.27. The molecule has 2 N–H and O–H groups in total. The van der Waals surface area contributed by atoms with Crippen LogP contribution in [0.25, 0.3) is 0 Å². The van der Waals surface area contributed by atoms with Crippen LogP contribution < -0.4 is 5.73 Å². The van der Waals surface area contributed by atoms with Crippen molar-refractivity contribution in [1.29, 1.82) is 0 Å². The molecule has 1 rings (SSSR count). The van der Waals surface area contributed by atoms with Crippen LogP contribution in [0.5, 0.6) is 0 Å². The van der Waals surface area contributed by atoms with Crippen LogP contribution in [-0.2, 0) is 0 Å². The minimum Gasteiger partial charge on any atom is -0.393 e. The average molecular weight is 285 g/mol. The highest BCUT2D eigenvalue weighted by atomic mass is 32.1. The zero-order chi connectivity index (χ0) is 14.5. The third-order valence-corrected chi connectivity index (χ3v) is 5.55. The lowest BCUT2D eigenvalue weighted by atomic mass is 9.83. The van der Waals surface area contributed by atoms with Crippen LogP contribution in [0.1, 0.15) is 65.7 Å². The maximum Gasteiger partial charge on any atom is 0.0784 e. The van der Waals surface area contributed by atoms with E-state index in [9.17, 15) is 0 Å². The van der Waals surface area contributed by atoms with E-state index in [-0.39, 0.29) is 5.41 Å². The van der Waals surface area contributed by atoms with Gasteiger partial charge in [0, 0.05) is 11.5 Å². The smallest absolute Gasteiger partial charge is 0.0784 e. The molecule has 19 heavy (non-hydrogen) atoms. The summed E-state index contributed by atoms with van der Waals surface area (Å²) in [5.41, 5.74) is 5.79. The van der Waals surface area contributed by atoms with E-state index in [2.05, 4.69) is 32.7 Å². The van der Waals surface area contributed by atoms with Gasteiger partial charge in [-0.1, -0.05) is 39.4 Å². The molecule has 0 radical (unpaired) electrons. The van der Waals surface area contributed by atoms with Gasteiger partial charge >= 0.3 is 0 Å². The summed E-state index contributed by atoms with van der Waals surface area (Å²) in [5.74, 6) is 0.984. The zero-order valence-corrected chi connectivity index (χ0v) is 14.1. The monoisotopic (exact) mass is 284 g/mol. The third-order valence-electron chi connectivity index (χ3n) is 5.00. The van der Waals surface area contributed by atoms with Crippen molar-refractivity contribution < 1.29 is 0 Å². The van der Waals surface area contributed by atoms with Gasteiger partial charge in [-0.25, -0.2) is 0 Å². The third kappa shape index (κ3) is 5.39. The number of nitrogens with two attached hydrogens (primary N) is 1. The molecule has 2 nitrogen and oxygen atoms in total. The van der Waals surface area contributed by atoms with Crippen molar-refractivity contribution in [2.24, 2.45) is 17.1 Å². The van der Waals surface area contributed by atoms with Crippen LogP contribution in [0.4, 0.5) is 0 Å². The minimum atomic E-state index is 0.00996. The van der Waals surface area contributed by atoms with E-state index < -0.39 is 0 Å². The van der Waals surface area contributed by atoms with E-state index in [1.807, 2.05) is 0 Å². The number of rotatable bonds is 7. The van der Waals surface area contributed by atoms with Gasteiger partial charge in [-0.05, 0) is 58.0 Å². The van der Waals surface area contributed by atoms with E-state index in [1.165, 1.54) is 45.1 Å². The van der Waals surface area contributed by atoms with Crippen molar-refractivity contribution >= 4 is 17.2 Å². The first-order chi connectivity index (χ1) is 8.86. The fourth-order valence-corrected chi connectivity index (χ4v) is 3.17. The molecule has 1 saturated carbocycles. The maximum absolute atomic E-state index is 5.78. The van der Waals surface area contributed by atoms with Crippen molar-refractivity contribution in [2.45, 2.75) is 71.8 Å². The van der Waals surface area contributed by atoms with Crippen molar-refractivity contribution in [1.82, 2.24) is 4.90 Å². The van der Waals surface area contributed by atoms with Gasteiger partial charge in [-0.15, -0.1) is 0 Å². The van der Waals surface area contributed by atoms with E-state index in [0.717, 1.165) is 18.4 Å². The van der Waals surface area contributed by atoms with Gasteiger partial charge in [0.1, 0.15) is 0 Å². The Morgan fingerprint density at radius 2 is 1.84 bits per heavy atom. The Balaban J connectivity index is 2.25. The minimum absolute atomic E-state index is 0.00996. The standard InChI is InChI=1S/C16H32N2S/c1-5-13-7-9-14(10-8-13)18(4)12-6-11-16(2,3)15(17)19/h13-14H,5-12H2,1-4H3,(H2,17,19). The van der Waals surface area contributed by atoms with E-state index in [0.29, 0.717) is 4.99 Å². The summed E-state index contributed by atoms with van der Waals surface area (Å²) in [5, 5.41) is 0. The lowest BCUT2D eigenvalue weighted by molar-refractivity contribution is 0.158. The summed E-state index contributed by atoms with van der Waals surface area (Å²) in [6, 6.07) is 0.802. The summed E-state index contributed by atoms with van der Waals surface area (Å²) in [6.07, 6.45) is 9.25. The van der Waals surface area contributed by atoms with E-state index in [1.54, 1.807) is 0 Å². The number of thiocarbonyl (C=S) groups is 1. The topological polar surface area (TPSA) is 29.3 Å². The Bertz CT molecular complexity index is 280. The van der Waals surface area contributed by atoms with Crippen LogP contribution >= 0.6 is 12.2 Å². The zero-order valence-electron chi connectivity index (χ0n) is 13.2. The lowest BCUT2D eigenvalue weighted by Crippen LogP contribution is -2.37. The summed E-state index contributed by atoms with van der Waals surface area (Å²) < 4.78 is 0. The first kappa shape index (κ1) is 16.9. The molecule has 1 aliphatic carbocycles. The predicted molar refractivity (Wildman–Crippen MR) is 88.5 cm³/mol. The molecule has 0 unspecified atom stereocenters. The van der Waals surface area contributed by atoms with Gasteiger partial charge in [0.05, 0.1) is 4.99 Å². The van der Waals surface area contributed by atoms with Crippen molar-refractivity contribution in [3.8, 4) is 0 Å². The highest BCUT2D eigenvalue weighted by Gasteiger charge is 2.24. The van der Waals surface area contributed by atoms with Crippen LogP contribution in [0.15, 0.2) is 0 Å². The molecule has 0 aromatic rings. The molecule has 0 amide bonds. The molecule has 0 aromatic carbocycles. The second-order valence-corrected chi connectivity index (χ2v) is 7.35. The quantitative estimate of drug-likeness (QED) is 0.717. The Labute approximate surface area is 125 Å². The van der Waals surface area contributed by atoms with Gasteiger partial charge in [0.15, 0.2) is 0 Å². The summed E-state index contributed by atoms with van der Waals surface area (Å²) >= 11 is 5.13. The molecule has 1 fully saturated rings. The van der Waals surface area contributed by atoms with Crippen molar-refractivity contribution in [3.63, 3.8) is 0 Å². The Hall–Kier alpha value is -0.150. The van der Waals surface area contributed by atoms with Crippen molar-refractivity contribution in [3.05, 3.63) is 0 Å².